The molecule has 1 aromatic carbocycles. The van der Waals surface area contributed by atoms with Crippen LogP contribution in [0, 0.1) is 9.39 Å². The molecule has 108 valence electrons. The first kappa shape index (κ1) is 15.4. The van der Waals surface area contributed by atoms with Crippen molar-refractivity contribution < 1.29 is 4.39 Å². The molecule has 0 saturated heterocycles. The highest BCUT2D eigenvalue weighted by molar-refractivity contribution is 14.1. The molecule has 2 rings (SSSR count). The molecule has 0 aliphatic rings. The second-order valence-corrected chi connectivity index (χ2v) is 5.85. The van der Waals surface area contributed by atoms with Crippen LogP contribution in [0.3, 0.4) is 0 Å². The van der Waals surface area contributed by atoms with E-state index >= 15 is 0 Å². The Morgan fingerprint density at radius 2 is 2.20 bits per heavy atom. The molecule has 0 spiro atoms. The summed E-state index contributed by atoms with van der Waals surface area (Å²) in [5.41, 5.74) is 2.33. The van der Waals surface area contributed by atoms with Gasteiger partial charge >= 0.3 is 0 Å². The maximum Gasteiger partial charge on any atom is 0.124 e. The highest BCUT2D eigenvalue weighted by atomic mass is 127. The van der Waals surface area contributed by atoms with E-state index in [1.54, 1.807) is 6.07 Å². The topological polar surface area (TPSA) is 29.9 Å². The molecule has 1 atom stereocenters. The van der Waals surface area contributed by atoms with E-state index in [2.05, 4.69) is 53.1 Å². The Balaban J connectivity index is 2.21. The van der Waals surface area contributed by atoms with Crippen LogP contribution >= 0.6 is 22.6 Å². The molecular weight excluding hydrogens is 368 g/mol. The summed E-state index contributed by atoms with van der Waals surface area (Å²) < 4.78 is 16.1. The molecule has 0 bridgehead atoms. The predicted molar refractivity (Wildman–Crippen MR) is 87.1 cm³/mol. The summed E-state index contributed by atoms with van der Waals surface area (Å²) in [5.74, 6) is -0.188. The molecule has 1 unspecified atom stereocenters. The molecule has 1 N–H and O–H groups in total. The molecule has 3 nitrogen and oxygen atoms in total. The van der Waals surface area contributed by atoms with Gasteiger partial charge in [0, 0.05) is 22.4 Å². The molecule has 5 heteroatoms. The van der Waals surface area contributed by atoms with E-state index in [9.17, 15) is 4.39 Å². The normalized spacial score (nSPS) is 12.6. The Labute approximate surface area is 132 Å². The fourth-order valence-corrected chi connectivity index (χ4v) is 3.10. The van der Waals surface area contributed by atoms with Crippen LogP contribution in [-0.4, -0.2) is 16.3 Å². The Kier molecular flexibility index (Phi) is 5.54. The standard InChI is InChI=1S/C15H19FIN3/c1-3-18-15(7-11-9-19-20(4-2)10-11)13-6-5-12(16)8-14(13)17/h5-6,8-10,15,18H,3-4,7H2,1-2H3. The Morgan fingerprint density at radius 3 is 2.80 bits per heavy atom. The smallest absolute Gasteiger partial charge is 0.124 e. The molecule has 0 saturated carbocycles. The van der Waals surface area contributed by atoms with Crippen LogP contribution in [0.1, 0.15) is 31.0 Å². The lowest BCUT2D eigenvalue weighted by Gasteiger charge is -2.19. The molecule has 0 amide bonds. The van der Waals surface area contributed by atoms with E-state index in [0.717, 1.165) is 28.6 Å². The summed E-state index contributed by atoms with van der Waals surface area (Å²) >= 11 is 2.20. The van der Waals surface area contributed by atoms with Crippen LogP contribution in [0.4, 0.5) is 4.39 Å². The fraction of sp³-hybridized carbons (Fsp3) is 0.400. The van der Waals surface area contributed by atoms with E-state index in [1.807, 2.05) is 16.9 Å². The van der Waals surface area contributed by atoms with Crippen molar-refractivity contribution in [2.45, 2.75) is 32.9 Å². The predicted octanol–water partition coefficient (Wildman–Crippen LogP) is 3.54. The summed E-state index contributed by atoms with van der Waals surface area (Å²) in [5, 5.41) is 7.78. The van der Waals surface area contributed by atoms with Crippen molar-refractivity contribution in [3.05, 3.63) is 51.1 Å². The number of nitrogens with one attached hydrogen (secondary N) is 1. The van der Waals surface area contributed by atoms with Crippen molar-refractivity contribution >= 4 is 22.6 Å². The molecule has 2 aromatic rings. The number of nitrogens with zero attached hydrogens (tertiary/aromatic N) is 2. The van der Waals surface area contributed by atoms with Gasteiger partial charge in [0.2, 0.25) is 0 Å². The van der Waals surface area contributed by atoms with Crippen molar-refractivity contribution in [1.29, 1.82) is 0 Å². The first-order chi connectivity index (χ1) is 9.63. The lowest BCUT2D eigenvalue weighted by molar-refractivity contribution is 0.544. The summed E-state index contributed by atoms with van der Waals surface area (Å²) in [6, 6.07) is 5.16. The van der Waals surface area contributed by atoms with Gasteiger partial charge in [-0.15, -0.1) is 0 Å². The molecule has 20 heavy (non-hydrogen) atoms. The SMILES string of the molecule is CCNC(Cc1cnn(CC)c1)c1ccc(F)cc1I. The molecule has 0 aliphatic carbocycles. The minimum Gasteiger partial charge on any atom is -0.310 e. The van der Waals surface area contributed by atoms with Gasteiger partial charge in [0.1, 0.15) is 5.82 Å². The van der Waals surface area contributed by atoms with Gasteiger partial charge in [0.05, 0.1) is 6.20 Å². The van der Waals surface area contributed by atoms with E-state index < -0.39 is 0 Å². The largest absolute Gasteiger partial charge is 0.310 e. The highest BCUT2D eigenvalue weighted by Gasteiger charge is 2.15. The van der Waals surface area contributed by atoms with E-state index in [1.165, 1.54) is 11.6 Å². The Morgan fingerprint density at radius 1 is 1.40 bits per heavy atom. The van der Waals surface area contributed by atoms with Gasteiger partial charge in [-0.05, 0) is 65.7 Å². The first-order valence-corrected chi connectivity index (χ1v) is 7.91. The van der Waals surface area contributed by atoms with Gasteiger partial charge in [-0.2, -0.15) is 5.10 Å². The van der Waals surface area contributed by atoms with Crippen molar-refractivity contribution in [2.75, 3.05) is 6.54 Å². The van der Waals surface area contributed by atoms with Gasteiger partial charge in [0.15, 0.2) is 0 Å². The van der Waals surface area contributed by atoms with Crippen LogP contribution in [-0.2, 0) is 13.0 Å². The number of benzene rings is 1. The third kappa shape index (κ3) is 3.79. The zero-order chi connectivity index (χ0) is 14.5. The number of aryl methyl sites for hydroxylation is 1. The number of rotatable bonds is 6. The van der Waals surface area contributed by atoms with Gasteiger partial charge in [-0.1, -0.05) is 13.0 Å². The summed E-state index contributed by atoms with van der Waals surface area (Å²) in [6.45, 7) is 5.90. The zero-order valence-electron chi connectivity index (χ0n) is 11.7. The highest BCUT2D eigenvalue weighted by Crippen LogP contribution is 2.24. The first-order valence-electron chi connectivity index (χ1n) is 6.83. The van der Waals surface area contributed by atoms with E-state index in [4.69, 9.17) is 0 Å². The quantitative estimate of drug-likeness (QED) is 0.769. The third-order valence-corrected chi connectivity index (χ3v) is 4.17. The van der Waals surface area contributed by atoms with Crippen LogP contribution in [0.5, 0.6) is 0 Å². The lowest BCUT2D eigenvalue weighted by atomic mass is 10.0. The lowest BCUT2D eigenvalue weighted by Crippen LogP contribution is -2.23. The van der Waals surface area contributed by atoms with Crippen molar-refractivity contribution in [1.82, 2.24) is 15.1 Å². The average Bonchev–Trinajstić information content (AvgIpc) is 2.86. The number of likely N-dealkylation sites (N-methyl/N-ethyl adjacent to an activating group) is 1. The van der Waals surface area contributed by atoms with Gasteiger partial charge < -0.3 is 5.32 Å². The van der Waals surface area contributed by atoms with Crippen LogP contribution in [0.25, 0.3) is 0 Å². The molecule has 0 radical (unpaired) electrons. The summed E-state index contributed by atoms with van der Waals surface area (Å²) in [6.07, 6.45) is 4.83. The van der Waals surface area contributed by atoms with Gasteiger partial charge in [-0.25, -0.2) is 4.39 Å². The number of hydrogen-bond donors (Lipinski definition) is 1. The third-order valence-electron chi connectivity index (χ3n) is 3.24. The molecule has 1 aromatic heterocycles. The zero-order valence-corrected chi connectivity index (χ0v) is 13.9. The second-order valence-electron chi connectivity index (χ2n) is 4.68. The van der Waals surface area contributed by atoms with Gasteiger partial charge in [-0.3, -0.25) is 4.68 Å². The molecule has 1 heterocycles. The van der Waals surface area contributed by atoms with E-state index in [0.29, 0.717) is 0 Å². The Hall–Kier alpha value is -0.950. The maximum atomic E-state index is 13.2. The van der Waals surface area contributed by atoms with Crippen LogP contribution in [0.15, 0.2) is 30.6 Å². The van der Waals surface area contributed by atoms with E-state index in [-0.39, 0.29) is 11.9 Å². The fourth-order valence-electron chi connectivity index (χ4n) is 2.24. The average molecular weight is 387 g/mol. The van der Waals surface area contributed by atoms with Crippen LogP contribution < -0.4 is 5.32 Å². The molecule has 0 fully saturated rings. The van der Waals surface area contributed by atoms with Crippen molar-refractivity contribution in [2.24, 2.45) is 0 Å². The second kappa shape index (κ2) is 7.17. The number of aromatic nitrogens is 2. The number of halogens is 2. The summed E-state index contributed by atoms with van der Waals surface area (Å²) in [4.78, 5) is 0. The summed E-state index contributed by atoms with van der Waals surface area (Å²) in [7, 11) is 0. The number of hydrogen-bond acceptors (Lipinski definition) is 2. The van der Waals surface area contributed by atoms with Crippen molar-refractivity contribution in [3.8, 4) is 0 Å². The molecular formula is C15H19FIN3. The Bertz CT molecular complexity index is 568. The minimum atomic E-state index is -0.188. The van der Waals surface area contributed by atoms with Crippen molar-refractivity contribution in [3.63, 3.8) is 0 Å². The monoisotopic (exact) mass is 387 g/mol. The minimum absolute atomic E-state index is 0.182. The van der Waals surface area contributed by atoms with Crippen LogP contribution in [0.2, 0.25) is 0 Å². The van der Waals surface area contributed by atoms with Gasteiger partial charge in [0.25, 0.3) is 0 Å². The molecule has 0 aliphatic heterocycles. The maximum absolute atomic E-state index is 13.2.